The molecule has 2 aromatic carbocycles. The van der Waals surface area contributed by atoms with E-state index in [0.717, 1.165) is 23.1 Å². The van der Waals surface area contributed by atoms with Gasteiger partial charge in [-0.2, -0.15) is 0 Å². The van der Waals surface area contributed by atoms with Crippen LogP contribution in [0.1, 0.15) is 38.0 Å². The molecule has 0 aliphatic carbocycles. The molecule has 0 saturated carbocycles. The first-order valence-electron chi connectivity index (χ1n) is 11.3. The maximum atomic E-state index is 13.7. The van der Waals surface area contributed by atoms with Crippen LogP contribution in [0.25, 0.3) is 0 Å². The van der Waals surface area contributed by atoms with E-state index in [1.54, 1.807) is 11.3 Å². The van der Waals surface area contributed by atoms with E-state index in [1.165, 1.54) is 41.2 Å². The van der Waals surface area contributed by atoms with Crippen LogP contribution in [0.4, 0.5) is 5.69 Å². The van der Waals surface area contributed by atoms with Crippen LogP contribution in [0.2, 0.25) is 0 Å². The predicted molar refractivity (Wildman–Crippen MR) is 134 cm³/mol. The first-order chi connectivity index (χ1) is 16.9. The van der Waals surface area contributed by atoms with Crippen molar-refractivity contribution >= 4 is 28.8 Å². The normalized spacial score (nSPS) is 14.9. The van der Waals surface area contributed by atoms with Crippen molar-refractivity contribution in [3.63, 3.8) is 0 Å². The summed E-state index contributed by atoms with van der Waals surface area (Å²) < 4.78 is 5.16. The van der Waals surface area contributed by atoms with Crippen molar-refractivity contribution in [3.05, 3.63) is 97.2 Å². The first-order valence-corrected chi connectivity index (χ1v) is 12.2. The zero-order valence-electron chi connectivity index (χ0n) is 19.7. The molecule has 0 N–H and O–H groups in total. The number of thiophene rings is 1. The molecule has 1 atom stereocenters. The lowest BCUT2D eigenvalue weighted by Gasteiger charge is -2.37. The lowest BCUT2D eigenvalue weighted by molar-refractivity contribution is -0.384. The van der Waals surface area contributed by atoms with E-state index < -0.39 is 10.8 Å². The van der Waals surface area contributed by atoms with Gasteiger partial charge in [-0.15, -0.1) is 11.3 Å². The Morgan fingerprint density at radius 3 is 2.69 bits per heavy atom. The van der Waals surface area contributed by atoms with Gasteiger partial charge in [-0.25, -0.2) is 0 Å². The number of hydrogen-bond acceptors (Lipinski definition) is 6. The quantitative estimate of drug-likeness (QED) is 0.346. The number of nitro groups is 1. The number of nitrogens with zero attached hydrogens (tertiary/aromatic N) is 3. The maximum absolute atomic E-state index is 13.7. The number of fused-ring (bicyclic) bond motifs is 1. The lowest BCUT2D eigenvalue weighted by atomic mass is 9.92. The second-order valence-corrected chi connectivity index (χ2v) is 9.48. The Morgan fingerprint density at radius 2 is 1.97 bits per heavy atom. The van der Waals surface area contributed by atoms with Crippen LogP contribution in [0.5, 0.6) is 0 Å². The van der Waals surface area contributed by atoms with Gasteiger partial charge in [0.05, 0.1) is 17.6 Å². The molecule has 0 bridgehead atoms. The van der Waals surface area contributed by atoms with Crippen LogP contribution in [0.15, 0.2) is 60.0 Å². The van der Waals surface area contributed by atoms with Crippen molar-refractivity contribution < 1.29 is 19.2 Å². The zero-order valence-corrected chi connectivity index (χ0v) is 20.5. The van der Waals surface area contributed by atoms with E-state index in [2.05, 4.69) is 11.4 Å². The monoisotopic (exact) mass is 493 g/mol. The van der Waals surface area contributed by atoms with E-state index in [4.69, 9.17) is 4.74 Å². The molecule has 1 aliphatic heterocycles. The summed E-state index contributed by atoms with van der Waals surface area (Å²) in [7, 11) is 1.52. The predicted octanol–water partition coefficient (Wildman–Crippen LogP) is 4.23. The highest BCUT2D eigenvalue weighted by Crippen LogP contribution is 2.38. The number of aryl methyl sites for hydroxylation is 1. The SMILES string of the molecule is COCCN(CC(=O)N1CCc2sccc2C1c1ccc(C)cc1)C(=O)c1cccc([N+](=O)[O-])c1. The molecule has 4 rings (SSSR count). The third-order valence-corrected chi connectivity index (χ3v) is 7.16. The van der Waals surface area contributed by atoms with E-state index >= 15 is 0 Å². The Hall–Kier alpha value is -3.56. The van der Waals surface area contributed by atoms with Crippen molar-refractivity contribution in [2.24, 2.45) is 0 Å². The second-order valence-electron chi connectivity index (χ2n) is 8.48. The molecule has 1 unspecified atom stereocenters. The summed E-state index contributed by atoms with van der Waals surface area (Å²) in [5.41, 5.74) is 3.27. The Labute approximate surface area is 207 Å². The van der Waals surface area contributed by atoms with Crippen LogP contribution in [0, 0.1) is 17.0 Å². The van der Waals surface area contributed by atoms with Gasteiger partial charge in [0.15, 0.2) is 0 Å². The van der Waals surface area contributed by atoms with Crippen molar-refractivity contribution in [1.29, 1.82) is 0 Å². The van der Waals surface area contributed by atoms with Gasteiger partial charge >= 0.3 is 0 Å². The number of nitro benzene ring substituents is 1. The van der Waals surface area contributed by atoms with Crippen molar-refractivity contribution in [2.45, 2.75) is 19.4 Å². The first kappa shape index (κ1) is 24.6. The summed E-state index contributed by atoms with van der Waals surface area (Å²) in [4.78, 5) is 42.1. The van der Waals surface area contributed by atoms with Gasteiger partial charge in [0.1, 0.15) is 6.54 Å². The van der Waals surface area contributed by atoms with E-state index in [1.807, 2.05) is 36.1 Å². The number of non-ortho nitro benzene ring substituents is 1. The third-order valence-electron chi connectivity index (χ3n) is 6.16. The van der Waals surface area contributed by atoms with Crippen molar-refractivity contribution in [2.75, 3.05) is 33.4 Å². The molecule has 3 aromatic rings. The summed E-state index contributed by atoms with van der Waals surface area (Å²) in [5.74, 6) is -0.624. The molecule has 1 aliphatic rings. The standard InChI is InChI=1S/C26H27N3O5S/c1-18-6-8-19(9-7-18)25-22-11-15-35-23(22)10-12-28(25)24(30)17-27(13-14-34-2)26(31)20-4-3-5-21(16-20)29(32)33/h3-9,11,15-16,25H,10,12-14,17H2,1-2H3. The molecule has 0 fully saturated rings. The van der Waals surface area contributed by atoms with Crippen LogP contribution in [0.3, 0.4) is 0 Å². The Kier molecular flexibility index (Phi) is 7.57. The van der Waals surface area contributed by atoms with Gasteiger partial charge in [-0.3, -0.25) is 19.7 Å². The van der Waals surface area contributed by atoms with Gasteiger partial charge in [-0.05, 0) is 42.0 Å². The molecule has 35 heavy (non-hydrogen) atoms. The van der Waals surface area contributed by atoms with Crippen LogP contribution in [-0.4, -0.2) is 59.9 Å². The van der Waals surface area contributed by atoms with E-state index in [0.29, 0.717) is 6.54 Å². The minimum atomic E-state index is -0.542. The third kappa shape index (κ3) is 5.41. The summed E-state index contributed by atoms with van der Waals surface area (Å²) >= 11 is 1.70. The number of ether oxygens (including phenoxy) is 1. The summed E-state index contributed by atoms with van der Waals surface area (Å²) in [6.07, 6.45) is 0.762. The van der Waals surface area contributed by atoms with Crippen LogP contribution in [-0.2, 0) is 16.0 Å². The fraction of sp³-hybridized carbons (Fsp3) is 0.308. The molecular formula is C26H27N3O5S. The second kappa shape index (κ2) is 10.8. The van der Waals surface area contributed by atoms with Gasteiger partial charge in [0.25, 0.3) is 11.6 Å². The summed E-state index contributed by atoms with van der Waals surface area (Å²) in [5, 5.41) is 13.2. The number of hydrogen-bond donors (Lipinski definition) is 0. The lowest BCUT2D eigenvalue weighted by Crippen LogP contribution is -2.47. The fourth-order valence-electron chi connectivity index (χ4n) is 4.34. The number of carbonyl (C=O) groups is 2. The van der Waals surface area contributed by atoms with Crippen molar-refractivity contribution in [3.8, 4) is 0 Å². The number of methoxy groups -OCH3 is 1. The highest BCUT2D eigenvalue weighted by atomic mass is 32.1. The van der Waals surface area contributed by atoms with Gasteiger partial charge < -0.3 is 14.5 Å². The van der Waals surface area contributed by atoms with Gasteiger partial charge in [-0.1, -0.05) is 35.9 Å². The minimum absolute atomic E-state index is 0.146. The molecule has 2 amide bonds. The summed E-state index contributed by atoms with van der Waals surface area (Å²) in [6, 6.07) is 15.6. The average Bonchev–Trinajstić information content (AvgIpc) is 3.35. The average molecular weight is 494 g/mol. The minimum Gasteiger partial charge on any atom is -0.383 e. The molecule has 8 nitrogen and oxygen atoms in total. The Morgan fingerprint density at radius 1 is 1.20 bits per heavy atom. The zero-order chi connectivity index (χ0) is 24.9. The topological polar surface area (TPSA) is 93.0 Å². The van der Waals surface area contributed by atoms with Gasteiger partial charge in [0.2, 0.25) is 5.91 Å². The number of carbonyl (C=O) groups excluding carboxylic acids is 2. The smallest absolute Gasteiger partial charge is 0.270 e. The molecule has 1 aromatic heterocycles. The Bertz CT molecular complexity index is 1220. The Balaban J connectivity index is 1.61. The largest absolute Gasteiger partial charge is 0.383 e. The highest BCUT2D eigenvalue weighted by molar-refractivity contribution is 7.10. The van der Waals surface area contributed by atoms with E-state index in [9.17, 15) is 19.7 Å². The van der Waals surface area contributed by atoms with E-state index in [-0.39, 0.29) is 42.9 Å². The molecular weight excluding hydrogens is 466 g/mol. The highest BCUT2D eigenvalue weighted by Gasteiger charge is 2.34. The molecule has 2 heterocycles. The number of benzene rings is 2. The molecule has 0 radical (unpaired) electrons. The molecule has 182 valence electrons. The van der Waals surface area contributed by atoms with Gasteiger partial charge in [0, 0.05) is 42.8 Å². The maximum Gasteiger partial charge on any atom is 0.270 e. The number of rotatable bonds is 8. The number of amides is 2. The molecule has 9 heteroatoms. The van der Waals surface area contributed by atoms with Crippen LogP contribution >= 0.6 is 11.3 Å². The fourth-order valence-corrected chi connectivity index (χ4v) is 5.24. The summed E-state index contributed by atoms with van der Waals surface area (Å²) in [6.45, 7) is 2.86. The molecule has 0 saturated heterocycles. The van der Waals surface area contributed by atoms with Crippen LogP contribution < -0.4 is 0 Å². The molecule has 0 spiro atoms. The van der Waals surface area contributed by atoms with Crippen molar-refractivity contribution in [1.82, 2.24) is 9.80 Å².